The second-order valence-corrected chi connectivity index (χ2v) is 10.6. The number of nitrogens with one attached hydrogen (secondary N) is 3. The number of carbonyl (C=O) groups excluding carboxylic acids is 3. The van der Waals surface area contributed by atoms with Crippen LogP contribution in [0.4, 0.5) is 10.1 Å². The van der Waals surface area contributed by atoms with Gasteiger partial charge in [0, 0.05) is 29.6 Å². The Balaban J connectivity index is 1.45. The van der Waals surface area contributed by atoms with E-state index in [-0.39, 0.29) is 30.0 Å². The van der Waals surface area contributed by atoms with Crippen molar-refractivity contribution in [3.8, 4) is 6.07 Å². The van der Waals surface area contributed by atoms with Crippen LogP contribution in [-0.4, -0.2) is 46.2 Å². The van der Waals surface area contributed by atoms with Crippen LogP contribution in [0.15, 0.2) is 48.5 Å². The first-order valence-corrected chi connectivity index (χ1v) is 11.7. The Bertz CT molecular complexity index is 1450. The molecule has 3 heterocycles. The minimum absolute atomic E-state index is 0.0347. The van der Waals surface area contributed by atoms with Crippen LogP contribution in [0, 0.1) is 22.6 Å². The van der Waals surface area contributed by atoms with Crippen LogP contribution in [0.5, 0.6) is 0 Å². The van der Waals surface area contributed by atoms with E-state index in [4.69, 9.17) is 0 Å². The van der Waals surface area contributed by atoms with Gasteiger partial charge in [0.05, 0.1) is 11.5 Å². The molecule has 184 valence electrons. The van der Waals surface area contributed by atoms with Crippen LogP contribution in [0.1, 0.15) is 43.2 Å². The van der Waals surface area contributed by atoms with Crippen LogP contribution in [0.3, 0.4) is 0 Å². The van der Waals surface area contributed by atoms with E-state index in [1.54, 1.807) is 18.2 Å². The Morgan fingerprint density at radius 2 is 1.97 bits per heavy atom. The summed E-state index contributed by atoms with van der Waals surface area (Å²) < 4.78 is 14.1. The van der Waals surface area contributed by atoms with Gasteiger partial charge in [0.2, 0.25) is 11.8 Å². The van der Waals surface area contributed by atoms with Gasteiger partial charge >= 0.3 is 0 Å². The molecule has 36 heavy (non-hydrogen) atoms. The molecule has 2 aromatic carbocycles. The second-order valence-electron chi connectivity index (χ2n) is 10.6. The van der Waals surface area contributed by atoms with Crippen molar-refractivity contribution >= 4 is 34.3 Å². The number of halogens is 1. The molecule has 2 aliphatic heterocycles. The summed E-state index contributed by atoms with van der Waals surface area (Å²) in [5.41, 5.74) is 0.303. The summed E-state index contributed by atoms with van der Waals surface area (Å²) in [4.78, 5) is 44.4. The molecule has 1 saturated heterocycles. The van der Waals surface area contributed by atoms with Gasteiger partial charge < -0.3 is 20.5 Å². The standard InChI is InChI=1S/C27H26FN5O3/c1-26(2,3)22(32-23(34)21-11-16-18(28)8-6-10-19(16)30-21)24(35)33-14-27(12-15(33)13-29)17-7-4-5-9-20(17)31-25(27)36/h4-11,15,22,30H,12,14H2,1-3H3,(H,31,36)(H,32,34)/t15-,22?,27-/m0/s1. The fourth-order valence-electron chi connectivity index (χ4n) is 5.25. The number of nitriles is 1. The molecular weight excluding hydrogens is 461 g/mol. The zero-order valence-electron chi connectivity index (χ0n) is 20.2. The molecule has 0 bridgehead atoms. The van der Waals surface area contributed by atoms with E-state index in [1.165, 1.54) is 17.0 Å². The van der Waals surface area contributed by atoms with E-state index in [0.717, 1.165) is 5.56 Å². The lowest BCUT2D eigenvalue weighted by Gasteiger charge is -2.34. The van der Waals surface area contributed by atoms with E-state index in [0.29, 0.717) is 11.2 Å². The zero-order chi connectivity index (χ0) is 25.8. The third-order valence-corrected chi connectivity index (χ3v) is 7.16. The predicted molar refractivity (Wildman–Crippen MR) is 131 cm³/mol. The highest BCUT2D eigenvalue weighted by Gasteiger charge is 2.57. The number of fused-ring (bicyclic) bond motifs is 3. The normalized spacial score (nSPS) is 21.8. The minimum atomic E-state index is -1.02. The van der Waals surface area contributed by atoms with Gasteiger partial charge in [-0.05, 0) is 35.2 Å². The van der Waals surface area contributed by atoms with Gasteiger partial charge in [-0.1, -0.05) is 45.0 Å². The highest BCUT2D eigenvalue weighted by Crippen LogP contribution is 2.46. The van der Waals surface area contributed by atoms with E-state index in [2.05, 4.69) is 21.7 Å². The minimum Gasteiger partial charge on any atom is -0.350 e. The first-order chi connectivity index (χ1) is 17.0. The fourth-order valence-corrected chi connectivity index (χ4v) is 5.25. The third kappa shape index (κ3) is 3.61. The number of amides is 3. The summed E-state index contributed by atoms with van der Waals surface area (Å²) >= 11 is 0. The first kappa shape index (κ1) is 23.5. The van der Waals surface area contributed by atoms with Crippen LogP contribution in [-0.2, 0) is 15.0 Å². The summed E-state index contributed by atoms with van der Waals surface area (Å²) in [5, 5.41) is 15.9. The van der Waals surface area contributed by atoms with Crippen molar-refractivity contribution in [3.63, 3.8) is 0 Å². The van der Waals surface area contributed by atoms with Crippen LogP contribution in [0.2, 0.25) is 0 Å². The molecule has 2 aliphatic rings. The quantitative estimate of drug-likeness (QED) is 0.524. The monoisotopic (exact) mass is 487 g/mol. The molecule has 0 saturated carbocycles. The van der Waals surface area contributed by atoms with Crippen molar-refractivity contribution in [2.24, 2.45) is 5.41 Å². The Labute approximate surface area is 207 Å². The lowest BCUT2D eigenvalue weighted by molar-refractivity contribution is -0.136. The van der Waals surface area contributed by atoms with E-state index in [1.807, 2.05) is 39.0 Å². The number of benzene rings is 2. The number of hydrogen-bond acceptors (Lipinski definition) is 4. The summed E-state index contributed by atoms with van der Waals surface area (Å²) in [7, 11) is 0. The number of rotatable bonds is 3. The largest absolute Gasteiger partial charge is 0.350 e. The summed E-state index contributed by atoms with van der Waals surface area (Å²) in [5.74, 6) is -1.71. The van der Waals surface area contributed by atoms with Crippen molar-refractivity contribution in [1.82, 2.24) is 15.2 Å². The molecule has 1 aromatic heterocycles. The smallest absolute Gasteiger partial charge is 0.268 e. The van der Waals surface area contributed by atoms with Gasteiger partial charge in [0.1, 0.15) is 23.6 Å². The number of H-pyrrole nitrogens is 1. The number of para-hydroxylation sites is 1. The average Bonchev–Trinajstić information content (AvgIpc) is 3.52. The maximum Gasteiger partial charge on any atom is 0.268 e. The van der Waals surface area contributed by atoms with Gasteiger partial charge in [0.15, 0.2) is 0 Å². The molecule has 3 atom stereocenters. The summed E-state index contributed by atoms with van der Waals surface area (Å²) in [6.45, 7) is 5.47. The number of aromatic nitrogens is 1. The lowest BCUT2D eigenvalue weighted by atomic mass is 9.80. The van der Waals surface area contributed by atoms with Gasteiger partial charge in [-0.25, -0.2) is 4.39 Å². The number of likely N-dealkylation sites (tertiary alicyclic amines) is 1. The highest BCUT2D eigenvalue weighted by atomic mass is 19.1. The Morgan fingerprint density at radius 1 is 1.22 bits per heavy atom. The van der Waals surface area contributed by atoms with E-state index in [9.17, 15) is 24.0 Å². The second kappa shape index (κ2) is 8.19. The van der Waals surface area contributed by atoms with E-state index < -0.39 is 40.5 Å². The number of aromatic amines is 1. The zero-order valence-corrected chi connectivity index (χ0v) is 20.2. The van der Waals surface area contributed by atoms with Gasteiger partial charge in [-0.15, -0.1) is 0 Å². The molecule has 1 unspecified atom stereocenters. The van der Waals surface area contributed by atoms with Crippen LogP contribution < -0.4 is 10.6 Å². The Morgan fingerprint density at radius 3 is 2.67 bits per heavy atom. The van der Waals surface area contributed by atoms with Crippen molar-refractivity contribution in [2.75, 3.05) is 11.9 Å². The molecule has 5 rings (SSSR count). The molecular formula is C27H26FN5O3. The van der Waals surface area contributed by atoms with Crippen molar-refractivity contribution in [1.29, 1.82) is 5.26 Å². The number of nitrogens with zero attached hydrogens (tertiary/aromatic N) is 2. The highest BCUT2D eigenvalue weighted by molar-refractivity contribution is 6.07. The van der Waals surface area contributed by atoms with E-state index >= 15 is 0 Å². The molecule has 0 radical (unpaired) electrons. The van der Waals surface area contributed by atoms with Gasteiger partial charge in [-0.2, -0.15) is 5.26 Å². The SMILES string of the molecule is CC(C)(C)C(NC(=O)c1cc2c(F)cccc2[nH]1)C(=O)N1C[C@]2(C[C@H]1C#N)C(=O)Nc1ccccc12. The molecule has 3 amide bonds. The lowest BCUT2D eigenvalue weighted by Crippen LogP contribution is -2.56. The molecule has 8 nitrogen and oxygen atoms in total. The first-order valence-electron chi connectivity index (χ1n) is 11.7. The molecule has 9 heteroatoms. The summed E-state index contributed by atoms with van der Waals surface area (Å²) in [6.07, 6.45) is 0.171. The number of carbonyl (C=O) groups is 3. The maximum absolute atomic E-state index is 14.1. The number of anilines is 1. The fraction of sp³-hybridized carbons (Fsp3) is 0.333. The van der Waals surface area contributed by atoms with Crippen molar-refractivity contribution in [3.05, 3.63) is 65.6 Å². The van der Waals surface area contributed by atoms with Crippen molar-refractivity contribution in [2.45, 2.75) is 44.7 Å². The van der Waals surface area contributed by atoms with Crippen LogP contribution >= 0.6 is 0 Å². The van der Waals surface area contributed by atoms with Gasteiger partial charge in [0.25, 0.3) is 5.91 Å². The Kier molecular flexibility index (Phi) is 5.36. The summed E-state index contributed by atoms with van der Waals surface area (Å²) in [6, 6.07) is 13.6. The topological polar surface area (TPSA) is 118 Å². The average molecular weight is 488 g/mol. The molecule has 3 N–H and O–H groups in total. The Hall–Kier alpha value is -4.19. The van der Waals surface area contributed by atoms with Crippen LogP contribution in [0.25, 0.3) is 10.9 Å². The van der Waals surface area contributed by atoms with Gasteiger partial charge in [-0.3, -0.25) is 14.4 Å². The maximum atomic E-state index is 14.1. The molecule has 1 fully saturated rings. The van der Waals surface area contributed by atoms with Crippen molar-refractivity contribution < 1.29 is 18.8 Å². The molecule has 1 spiro atoms. The molecule has 0 aliphatic carbocycles. The number of hydrogen-bond donors (Lipinski definition) is 3. The molecule has 3 aromatic rings. The predicted octanol–water partition coefficient (Wildman–Crippen LogP) is 3.47. The third-order valence-electron chi connectivity index (χ3n) is 7.16.